The summed E-state index contributed by atoms with van der Waals surface area (Å²) in [5.41, 5.74) is 3.37. The average molecular weight is 305 g/mol. The summed E-state index contributed by atoms with van der Waals surface area (Å²) in [5, 5.41) is 7.71. The van der Waals surface area contributed by atoms with E-state index in [9.17, 15) is 4.79 Å². The second kappa shape index (κ2) is 6.43. The van der Waals surface area contributed by atoms with Gasteiger partial charge in [0.25, 0.3) is 0 Å². The second-order valence-corrected chi connectivity index (χ2v) is 7.88. The van der Waals surface area contributed by atoms with Gasteiger partial charge in [0.1, 0.15) is 0 Å². The molecule has 0 aromatic carbocycles. The maximum absolute atomic E-state index is 12.5. The van der Waals surface area contributed by atoms with Crippen molar-refractivity contribution in [3.63, 3.8) is 0 Å². The molecule has 4 nitrogen and oxygen atoms in total. The van der Waals surface area contributed by atoms with Gasteiger partial charge in [-0.3, -0.25) is 9.48 Å². The number of carbonyl (C=O) groups excluding carboxylic acids is 1. The van der Waals surface area contributed by atoms with Crippen LogP contribution in [0, 0.1) is 25.2 Å². The van der Waals surface area contributed by atoms with E-state index in [-0.39, 0.29) is 11.3 Å². The minimum Gasteiger partial charge on any atom is -0.353 e. The van der Waals surface area contributed by atoms with E-state index in [1.807, 2.05) is 25.6 Å². The third-order valence-corrected chi connectivity index (χ3v) is 5.22. The van der Waals surface area contributed by atoms with Gasteiger partial charge < -0.3 is 5.32 Å². The Morgan fingerprint density at radius 3 is 2.45 bits per heavy atom. The van der Waals surface area contributed by atoms with Gasteiger partial charge in [-0.15, -0.1) is 0 Å². The zero-order valence-electron chi connectivity index (χ0n) is 15.0. The van der Waals surface area contributed by atoms with Gasteiger partial charge in [0.15, 0.2) is 0 Å². The summed E-state index contributed by atoms with van der Waals surface area (Å²) < 4.78 is 1.86. The van der Waals surface area contributed by atoms with E-state index in [1.54, 1.807) is 0 Å². The Balaban J connectivity index is 2.04. The lowest BCUT2D eigenvalue weighted by molar-refractivity contribution is -0.122. The van der Waals surface area contributed by atoms with Crippen LogP contribution < -0.4 is 5.32 Å². The fourth-order valence-corrected chi connectivity index (χ4v) is 3.83. The van der Waals surface area contributed by atoms with Crippen molar-refractivity contribution in [3.8, 4) is 0 Å². The van der Waals surface area contributed by atoms with Gasteiger partial charge in [-0.05, 0) is 38.0 Å². The molecular formula is C18H31N3O. The van der Waals surface area contributed by atoms with E-state index in [4.69, 9.17) is 0 Å². The van der Waals surface area contributed by atoms with Crippen LogP contribution in [-0.2, 0) is 18.3 Å². The smallest absolute Gasteiger partial charge is 0.224 e. The van der Waals surface area contributed by atoms with Gasteiger partial charge in [-0.25, -0.2) is 0 Å². The second-order valence-electron chi connectivity index (χ2n) is 7.88. The van der Waals surface area contributed by atoms with Crippen molar-refractivity contribution >= 4 is 5.91 Å². The standard InChI is InChI=1S/C18H31N3O/c1-12-14(13(2)21(6)20-12)11-17(22)19-16-10-8-7-9-15(16)18(3,4)5/h15-16H,7-11H2,1-6H3,(H,19,22). The van der Waals surface area contributed by atoms with Gasteiger partial charge >= 0.3 is 0 Å². The summed E-state index contributed by atoms with van der Waals surface area (Å²) in [5.74, 6) is 0.710. The molecule has 1 aliphatic rings. The molecule has 0 saturated heterocycles. The Kier molecular flexibility index (Phi) is 4.98. The Labute approximate surface area is 134 Å². The molecule has 124 valence electrons. The molecule has 1 heterocycles. The maximum Gasteiger partial charge on any atom is 0.224 e. The van der Waals surface area contributed by atoms with E-state index >= 15 is 0 Å². The Morgan fingerprint density at radius 2 is 1.91 bits per heavy atom. The van der Waals surface area contributed by atoms with Gasteiger partial charge in [0.2, 0.25) is 5.91 Å². The van der Waals surface area contributed by atoms with Crippen LogP contribution in [-0.4, -0.2) is 21.7 Å². The van der Waals surface area contributed by atoms with Crippen LogP contribution in [0.2, 0.25) is 0 Å². The predicted octanol–water partition coefficient (Wildman–Crippen LogP) is 3.30. The summed E-state index contributed by atoms with van der Waals surface area (Å²) in [4.78, 5) is 12.5. The largest absolute Gasteiger partial charge is 0.353 e. The molecule has 1 aliphatic carbocycles. The van der Waals surface area contributed by atoms with Crippen LogP contribution in [0.4, 0.5) is 0 Å². The number of nitrogens with one attached hydrogen (secondary N) is 1. The van der Waals surface area contributed by atoms with Crippen molar-refractivity contribution in [2.75, 3.05) is 0 Å². The summed E-state index contributed by atoms with van der Waals surface area (Å²) in [6.45, 7) is 10.9. The zero-order chi connectivity index (χ0) is 16.5. The van der Waals surface area contributed by atoms with E-state index in [0.717, 1.165) is 23.4 Å². The van der Waals surface area contributed by atoms with Crippen molar-refractivity contribution in [3.05, 3.63) is 17.0 Å². The Hall–Kier alpha value is -1.32. The number of carbonyl (C=O) groups is 1. The molecule has 1 fully saturated rings. The number of amides is 1. The highest BCUT2D eigenvalue weighted by Crippen LogP contribution is 2.38. The molecule has 1 saturated carbocycles. The SMILES string of the molecule is Cc1nn(C)c(C)c1CC(=O)NC1CCCCC1C(C)(C)C. The lowest BCUT2D eigenvalue weighted by Gasteiger charge is -2.40. The van der Waals surface area contributed by atoms with E-state index in [1.165, 1.54) is 19.3 Å². The van der Waals surface area contributed by atoms with Gasteiger partial charge in [0.05, 0.1) is 12.1 Å². The van der Waals surface area contributed by atoms with Crippen LogP contribution >= 0.6 is 0 Å². The molecule has 2 atom stereocenters. The van der Waals surface area contributed by atoms with E-state index in [2.05, 4.69) is 31.2 Å². The highest BCUT2D eigenvalue weighted by molar-refractivity contribution is 5.79. The van der Waals surface area contributed by atoms with Gasteiger partial charge in [-0.1, -0.05) is 33.6 Å². The predicted molar refractivity (Wildman–Crippen MR) is 89.7 cm³/mol. The molecule has 0 spiro atoms. The normalized spacial score (nSPS) is 22.6. The number of rotatable bonds is 3. The summed E-state index contributed by atoms with van der Waals surface area (Å²) in [6, 6.07) is 0.318. The maximum atomic E-state index is 12.5. The third-order valence-electron chi connectivity index (χ3n) is 5.22. The van der Waals surface area contributed by atoms with Gasteiger partial charge in [-0.2, -0.15) is 5.10 Å². The van der Waals surface area contributed by atoms with Crippen LogP contribution in [0.25, 0.3) is 0 Å². The molecule has 2 rings (SSSR count). The van der Waals surface area contributed by atoms with Crippen molar-refractivity contribution in [1.82, 2.24) is 15.1 Å². The molecule has 4 heteroatoms. The van der Waals surface area contributed by atoms with Crippen molar-refractivity contribution in [2.24, 2.45) is 18.4 Å². The number of hydrogen-bond acceptors (Lipinski definition) is 2. The summed E-state index contributed by atoms with van der Waals surface area (Å²) in [7, 11) is 1.93. The van der Waals surface area contributed by atoms with E-state index < -0.39 is 0 Å². The van der Waals surface area contributed by atoms with Crippen molar-refractivity contribution in [1.29, 1.82) is 0 Å². The lowest BCUT2D eigenvalue weighted by atomic mass is 9.69. The quantitative estimate of drug-likeness (QED) is 0.931. The van der Waals surface area contributed by atoms with E-state index in [0.29, 0.717) is 18.4 Å². The summed E-state index contributed by atoms with van der Waals surface area (Å²) >= 11 is 0. The first-order valence-corrected chi connectivity index (χ1v) is 8.48. The number of aromatic nitrogens is 2. The monoisotopic (exact) mass is 305 g/mol. The highest BCUT2D eigenvalue weighted by atomic mass is 16.1. The van der Waals surface area contributed by atoms with Crippen LogP contribution in [0.3, 0.4) is 0 Å². The fourth-order valence-electron chi connectivity index (χ4n) is 3.83. The number of nitrogens with zero attached hydrogens (tertiary/aromatic N) is 2. The van der Waals surface area contributed by atoms with Gasteiger partial charge in [0, 0.05) is 24.3 Å². The third kappa shape index (κ3) is 3.71. The summed E-state index contributed by atoms with van der Waals surface area (Å²) in [6.07, 6.45) is 5.29. The number of aryl methyl sites for hydroxylation is 2. The van der Waals surface area contributed by atoms with Crippen LogP contribution in [0.1, 0.15) is 63.4 Å². The first kappa shape index (κ1) is 17.0. The minimum absolute atomic E-state index is 0.139. The lowest BCUT2D eigenvalue weighted by Crippen LogP contribution is -2.47. The fraction of sp³-hybridized carbons (Fsp3) is 0.778. The molecule has 0 aliphatic heterocycles. The molecule has 1 aromatic rings. The highest BCUT2D eigenvalue weighted by Gasteiger charge is 2.34. The zero-order valence-corrected chi connectivity index (χ0v) is 15.0. The molecule has 0 bridgehead atoms. The molecule has 1 amide bonds. The van der Waals surface area contributed by atoms with Crippen LogP contribution in [0.5, 0.6) is 0 Å². The van der Waals surface area contributed by atoms with Crippen LogP contribution in [0.15, 0.2) is 0 Å². The molecule has 22 heavy (non-hydrogen) atoms. The topological polar surface area (TPSA) is 46.9 Å². The molecular weight excluding hydrogens is 274 g/mol. The first-order chi connectivity index (χ1) is 10.2. The molecule has 1 N–H and O–H groups in total. The Bertz CT molecular complexity index is 539. The Morgan fingerprint density at radius 1 is 1.27 bits per heavy atom. The first-order valence-electron chi connectivity index (χ1n) is 8.48. The average Bonchev–Trinajstić information content (AvgIpc) is 2.65. The minimum atomic E-state index is 0.139. The number of hydrogen-bond donors (Lipinski definition) is 1. The molecule has 1 aromatic heterocycles. The van der Waals surface area contributed by atoms with Crippen molar-refractivity contribution < 1.29 is 4.79 Å². The molecule has 2 unspecified atom stereocenters. The van der Waals surface area contributed by atoms with Crippen molar-refractivity contribution in [2.45, 2.75) is 72.8 Å². The molecule has 0 radical (unpaired) electrons.